The monoisotopic (exact) mass is 615 g/mol. The highest BCUT2D eigenvalue weighted by Crippen LogP contribution is 2.94. The van der Waals surface area contributed by atoms with Gasteiger partial charge in [-0.25, -0.2) is 9.37 Å². The SMILES string of the molecule is CC(=O)NC12CC3(C)CC4CN(c5cc(-c6cc(F)cc(-c7ccc(N(C=O)/C=C\N(C)C)c(Cl)c7)c6O)ccn5)CC1C432. The van der Waals surface area contributed by atoms with Crippen molar-refractivity contribution in [3.05, 3.63) is 71.9 Å². The van der Waals surface area contributed by atoms with E-state index in [0.717, 1.165) is 31.7 Å². The van der Waals surface area contributed by atoms with Crippen molar-refractivity contribution in [1.29, 1.82) is 0 Å². The van der Waals surface area contributed by atoms with Crippen LogP contribution in [0.1, 0.15) is 26.7 Å². The highest BCUT2D eigenvalue weighted by atomic mass is 35.5. The molecule has 2 amide bonds. The quantitative estimate of drug-likeness (QED) is 0.319. The number of nitrogens with one attached hydrogen (secondary N) is 1. The van der Waals surface area contributed by atoms with Gasteiger partial charge in [-0.2, -0.15) is 0 Å². The number of pyridine rings is 1. The maximum Gasteiger partial charge on any atom is 0.218 e. The number of phenolic OH excluding ortho intramolecular Hbond substituents is 1. The molecule has 1 saturated heterocycles. The maximum atomic E-state index is 15.1. The van der Waals surface area contributed by atoms with Gasteiger partial charge in [-0.05, 0) is 71.7 Å². The smallest absolute Gasteiger partial charge is 0.218 e. The molecule has 7 rings (SSSR count). The van der Waals surface area contributed by atoms with Gasteiger partial charge in [0.05, 0.1) is 16.2 Å². The highest BCUT2D eigenvalue weighted by molar-refractivity contribution is 6.34. The summed E-state index contributed by atoms with van der Waals surface area (Å²) < 4.78 is 15.1. The second-order valence-electron chi connectivity index (χ2n) is 13.3. The fourth-order valence-electron chi connectivity index (χ4n) is 9.35. The van der Waals surface area contributed by atoms with E-state index in [9.17, 15) is 14.7 Å². The van der Waals surface area contributed by atoms with Crippen LogP contribution in [0.15, 0.2) is 61.1 Å². The summed E-state index contributed by atoms with van der Waals surface area (Å²) >= 11 is 6.56. The summed E-state index contributed by atoms with van der Waals surface area (Å²) in [6.07, 6.45) is 7.83. The first kappa shape index (κ1) is 28.6. The number of nitrogens with zero attached hydrogens (tertiary/aromatic N) is 4. The average Bonchev–Trinajstić information content (AvgIpc) is 3.51. The van der Waals surface area contributed by atoms with Crippen LogP contribution in [0, 0.1) is 28.5 Å². The standard InChI is InChI=1S/C34H35ClFN5O3/c1-20(43)38-33-18-32(2)15-23-16-41(17-29(33)34(23,32)33)30-12-22(7-8-37-30)26-14-24(36)13-25(31(26)44)21-5-6-28(27(35)11-21)40(19-42)10-9-39(3)4/h5-14,19,23,29,44H,15-18H2,1-4H3,(H,38,43)/b10-9-. The molecule has 1 aromatic heterocycles. The van der Waals surface area contributed by atoms with Gasteiger partial charge in [0, 0.05) is 75.2 Å². The average molecular weight is 616 g/mol. The van der Waals surface area contributed by atoms with Crippen molar-refractivity contribution in [2.75, 3.05) is 37.0 Å². The largest absolute Gasteiger partial charge is 0.507 e. The summed E-state index contributed by atoms with van der Waals surface area (Å²) in [4.78, 5) is 33.9. The van der Waals surface area contributed by atoms with Crippen LogP contribution in [0.3, 0.4) is 0 Å². The number of amides is 2. The maximum absolute atomic E-state index is 15.1. The summed E-state index contributed by atoms with van der Waals surface area (Å²) in [7, 11) is 3.68. The Hall–Kier alpha value is -4.11. The Labute approximate surface area is 261 Å². The zero-order chi connectivity index (χ0) is 31.2. The lowest BCUT2D eigenvalue weighted by Gasteiger charge is -2.67. The molecule has 4 aliphatic rings. The lowest BCUT2D eigenvalue weighted by Crippen LogP contribution is -2.69. The summed E-state index contributed by atoms with van der Waals surface area (Å²) in [5, 5.41) is 15.0. The van der Waals surface area contributed by atoms with Gasteiger partial charge in [-0.1, -0.05) is 24.6 Å². The van der Waals surface area contributed by atoms with Crippen LogP contribution in [0.4, 0.5) is 15.9 Å². The number of halogens is 2. The molecule has 2 aromatic carbocycles. The molecule has 1 aliphatic heterocycles. The molecule has 44 heavy (non-hydrogen) atoms. The number of hydrogen-bond acceptors (Lipinski definition) is 6. The second kappa shape index (κ2) is 9.69. The first-order valence-corrected chi connectivity index (χ1v) is 15.2. The Bertz CT molecular complexity index is 1750. The van der Waals surface area contributed by atoms with Crippen LogP contribution < -0.4 is 15.1 Å². The van der Waals surface area contributed by atoms with E-state index in [-0.39, 0.29) is 33.2 Å². The fraction of sp³-hybridized carbons (Fsp3) is 0.382. The molecule has 5 atom stereocenters. The third-order valence-corrected chi connectivity index (χ3v) is 11.0. The van der Waals surface area contributed by atoms with Gasteiger partial charge < -0.3 is 20.2 Å². The summed E-state index contributed by atoms with van der Waals surface area (Å²) in [6, 6.07) is 11.2. The topological polar surface area (TPSA) is 89.0 Å². The number of aromatic nitrogens is 1. The predicted octanol–water partition coefficient (Wildman–Crippen LogP) is 5.65. The van der Waals surface area contributed by atoms with Crippen molar-refractivity contribution in [2.24, 2.45) is 22.7 Å². The number of fused-ring (bicyclic) bond motifs is 1. The zero-order valence-electron chi connectivity index (χ0n) is 25.1. The lowest BCUT2D eigenvalue weighted by molar-refractivity contribution is -0.164. The lowest BCUT2D eigenvalue weighted by atomic mass is 9.40. The van der Waals surface area contributed by atoms with Crippen molar-refractivity contribution < 1.29 is 19.1 Å². The number of piperidine rings is 1. The van der Waals surface area contributed by atoms with Crippen LogP contribution in [-0.4, -0.2) is 60.0 Å². The van der Waals surface area contributed by atoms with E-state index in [1.165, 1.54) is 17.0 Å². The number of aromatic hydroxyl groups is 1. The van der Waals surface area contributed by atoms with Crippen molar-refractivity contribution in [3.63, 3.8) is 0 Å². The Morgan fingerprint density at radius 2 is 1.86 bits per heavy atom. The van der Waals surface area contributed by atoms with Gasteiger partial charge >= 0.3 is 0 Å². The Balaban J connectivity index is 1.18. The van der Waals surface area contributed by atoms with Gasteiger partial charge in [-0.3, -0.25) is 14.5 Å². The highest BCUT2D eigenvalue weighted by Gasteiger charge is 2.98. The number of benzene rings is 2. The number of carbonyl (C=O) groups excluding carboxylic acids is 2. The molecule has 3 saturated carbocycles. The first-order chi connectivity index (χ1) is 20.9. The predicted molar refractivity (Wildman–Crippen MR) is 169 cm³/mol. The van der Waals surface area contributed by atoms with Crippen molar-refractivity contribution >= 4 is 35.4 Å². The zero-order valence-corrected chi connectivity index (χ0v) is 25.9. The molecule has 0 radical (unpaired) electrons. The van der Waals surface area contributed by atoms with Crippen LogP contribution in [0.2, 0.25) is 5.02 Å². The number of carbonyl (C=O) groups is 2. The minimum Gasteiger partial charge on any atom is -0.507 e. The third kappa shape index (κ3) is 3.84. The van der Waals surface area contributed by atoms with E-state index in [4.69, 9.17) is 11.6 Å². The van der Waals surface area contributed by atoms with Crippen molar-refractivity contribution in [2.45, 2.75) is 32.2 Å². The molecular weight excluding hydrogens is 581 g/mol. The van der Waals surface area contributed by atoms with Gasteiger partial charge in [0.1, 0.15) is 17.4 Å². The summed E-state index contributed by atoms with van der Waals surface area (Å²) in [5.74, 6) is 1.10. The van der Waals surface area contributed by atoms with Gasteiger partial charge in [0.25, 0.3) is 0 Å². The van der Waals surface area contributed by atoms with E-state index in [2.05, 4.69) is 22.1 Å². The first-order valence-electron chi connectivity index (χ1n) is 14.8. The van der Waals surface area contributed by atoms with Crippen LogP contribution in [0.25, 0.3) is 22.3 Å². The molecule has 3 aromatic rings. The molecule has 8 nitrogen and oxygen atoms in total. The minimum absolute atomic E-state index is 0.0312. The number of phenols is 1. The Kier molecular flexibility index (Phi) is 6.31. The molecule has 2 heterocycles. The normalized spacial score (nSPS) is 29.2. The summed E-state index contributed by atoms with van der Waals surface area (Å²) in [5.41, 5.74) is 2.66. The molecule has 4 fully saturated rings. The van der Waals surface area contributed by atoms with Crippen LogP contribution in [0.5, 0.6) is 5.75 Å². The molecule has 228 valence electrons. The van der Waals surface area contributed by atoms with E-state index in [1.807, 2.05) is 20.2 Å². The number of anilines is 2. The molecular formula is C34H35ClFN5O3. The van der Waals surface area contributed by atoms with Crippen LogP contribution in [-0.2, 0) is 9.59 Å². The van der Waals surface area contributed by atoms with Gasteiger partial charge in [0.15, 0.2) is 0 Å². The van der Waals surface area contributed by atoms with Gasteiger partial charge in [-0.15, -0.1) is 0 Å². The Morgan fingerprint density at radius 1 is 1.14 bits per heavy atom. The molecule has 3 aliphatic carbocycles. The van der Waals surface area contributed by atoms with Gasteiger partial charge in [0.2, 0.25) is 12.3 Å². The molecule has 1 spiro atoms. The fourth-order valence-corrected chi connectivity index (χ4v) is 9.63. The minimum atomic E-state index is -0.504. The van der Waals surface area contributed by atoms with Crippen LogP contribution >= 0.6 is 11.6 Å². The molecule has 5 unspecified atom stereocenters. The van der Waals surface area contributed by atoms with E-state index in [1.54, 1.807) is 54.7 Å². The van der Waals surface area contributed by atoms with Crippen molar-refractivity contribution in [1.82, 2.24) is 15.2 Å². The van der Waals surface area contributed by atoms with E-state index in [0.29, 0.717) is 46.0 Å². The van der Waals surface area contributed by atoms with Crippen molar-refractivity contribution in [3.8, 4) is 28.0 Å². The summed E-state index contributed by atoms with van der Waals surface area (Å²) in [6.45, 7) is 5.63. The number of hydrogen-bond donors (Lipinski definition) is 2. The second-order valence-corrected chi connectivity index (χ2v) is 13.7. The molecule has 2 N–H and O–H groups in total. The third-order valence-electron chi connectivity index (χ3n) is 10.7. The Morgan fingerprint density at radius 3 is 2.50 bits per heavy atom. The number of rotatable bonds is 8. The van der Waals surface area contributed by atoms with E-state index < -0.39 is 5.82 Å². The van der Waals surface area contributed by atoms with E-state index >= 15 is 4.39 Å². The molecule has 0 bridgehead atoms. The molecule has 10 heteroatoms.